The van der Waals surface area contributed by atoms with E-state index in [0.29, 0.717) is 18.5 Å². The third-order valence-corrected chi connectivity index (χ3v) is 3.64. The predicted octanol–water partition coefficient (Wildman–Crippen LogP) is 2.68. The molecule has 0 fully saturated rings. The van der Waals surface area contributed by atoms with E-state index in [1.165, 1.54) is 19.1 Å². The number of hydrogen-bond donors (Lipinski definition) is 0. The molecule has 24 heavy (non-hydrogen) atoms. The maximum absolute atomic E-state index is 12.7. The van der Waals surface area contributed by atoms with Gasteiger partial charge in [-0.15, -0.1) is 13.2 Å². The number of carbonyl (C=O) groups is 2. The molecule has 0 aromatic heterocycles. The zero-order chi connectivity index (χ0) is 18.1. The topological polar surface area (TPSA) is 55.8 Å². The van der Waals surface area contributed by atoms with E-state index >= 15 is 0 Å². The van der Waals surface area contributed by atoms with E-state index in [9.17, 15) is 9.59 Å². The molecule has 1 atom stereocenters. The van der Waals surface area contributed by atoms with Crippen LogP contribution in [0.25, 0.3) is 0 Å². The zero-order valence-electron chi connectivity index (χ0n) is 14.6. The summed E-state index contributed by atoms with van der Waals surface area (Å²) in [6, 6.07) is 4.98. The molecule has 0 saturated carbocycles. The molecule has 0 N–H and O–H groups in total. The van der Waals surface area contributed by atoms with E-state index in [2.05, 4.69) is 13.2 Å². The number of esters is 1. The Morgan fingerprint density at radius 3 is 2.12 bits per heavy atom. The normalized spacial score (nSPS) is 11.5. The Kier molecular flexibility index (Phi) is 7.92. The summed E-state index contributed by atoms with van der Waals surface area (Å²) in [4.78, 5) is 26.2. The van der Waals surface area contributed by atoms with Gasteiger partial charge in [0.05, 0.1) is 12.8 Å². The lowest BCUT2D eigenvalue weighted by Gasteiger charge is -2.31. The van der Waals surface area contributed by atoms with Crippen LogP contribution in [-0.2, 0) is 31.9 Å². The monoisotopic (exact) mass is 331 g/mol. The van der Waals surface area contributed by atoms with Crippen molar-refractivity contribution in [2.24, 2.45) is 0 Å². The number of rotatable bonds is 9. The van der Waals surface area contributed by atoms with Crippen LogP contribution in [-0.4, -0.2) is 38.7 Å². The van der Waals surface area contributed by atoms with Crippen LogP contribution in [0.4, 0.5) is 5.69 Å². The molecule has 0 heterocycles. The highest BCUT2D eigenvalue weighted by Gasteiger charge is 2.30. The van der Waals surface area contributed by atoms with Crippen LogP contribution in [0, 0.1) is 0 Å². The fourth-order valence-electron chi connectivity index (χ4n) is 2.60. The maximum atomic E-state index is 12.7. The highest BCUT2D eigenvalue weighted by molar-refractivity contribution is 6.01. The molecule has 0 aliphatic heterocycles. The van der Waals surface area contributed by atoms with E-state index in [0.717, 1.165) is 11.1 Å². The molecule has 0 aliphatic carbocycles. The van der Waals surface area contributed by atoms with E-state index in [1.54, 1.807) is 19.1 Å². The molecule has 1 rings (SSSR count). The van der Waals surface area contributed by atoms with Gasteiger partial charge in [0.1, 0.15) is 12.6 Å². The standard InChI is InChI=1S/C19H25NO4/c1-6-9-15-11-8-12-16(10-7-2)18(15)20(17(21)13-23-4)14(3)19(22)24-5/h6-8,11-12,14H,1-2,9-10,13H2,3-5H3. The van der Waals surface area contributed by atoms with Crippen molar-refractivity contribution < 1.29 is 19.1 Å². The molecule has 0 spiro atoms. The Morgan fingerprint density at radius 1 is 1.17 bits per heavy atom. The van der Waals surface area contributed by atoms with Crippen molar-refractivity contribution in [3.05, 3.63) is 54.6 Å². The summed E-state index contributed by atoms with van der Waals surface area (Å²) in [6.45, 7) is 9.05. The summed E-state index contributed by atoms with van der Waals surface area (Å²) < 4.78 is 9.81. The van der Waals surface area contributed by atoms with E-state index in [1.807, 2.05) is 18.2 Å². The molecule has 1 aromatic rings. The van der Waals surface area contributed by atoms with Crippen molar-refractivity contribution in [2.45, 2.75) is 25.8 Å². The number of carbonyl (C=O) groups excluding carboxylic acids is 2. The minimum Gasteiger partial charge on any atom is -0.467 e. The van der Waals surface area contributed by atoms with Crippen LogP contribution in [0.1, 0.15) is 18.1 Å². The fourth-order valence-corrected chi connectivity index (χ4v) is 2.60. The highest BCUT2D eigenvalue weighted by atomic mass is 16.5. The van der Waals surface area contributed by atoms with Crippen LogP contribution in [0.3, 0.4) is 0 Å². The van der Waals surface area contributed by atoms with Crippen LogP contribution in [0.15, 0.2) is 43.5 Å². The number of methoxy groups -OCH3 is 2. The quantitative estimate of drug-likeness (QED) is 0.516. The van der Waals surface area contributed by atoms with Crippen molar-refractivity contribution in [3.63, 3.8) is 0 Å². The second-order valence-electron chi connectivity index (χ2n) is 5.31. The van der Waals surface area contributed by atoms with Gasteiger partial charge < -0.3 is 9.47 Å². The molecule has 0 radical (unpaired) electrons. The third kappa shape index (κ3) is 4.55. The van der Waals surface area contributed by atoms with Crippen molar-refractivity contribution in [1.29, 1.82) is 0 Å². The average Bonchev–Trinajstić information content (AvgIpc) is 2.57. The second kappa shape index (κ2) is 9.67. The number of allylic oxidation sites excluding steroid dienone is 2. The van der Waals surface area contributed by atoms with Crippen LogP contribution in [0.5, 0.6) is 0 Å². The number of hydrogen-bond acceptors (Lipinski definition) is 4. The van der Waals surface area contributed by atoms with Crippen LogP contribution in [0.2, 0.25) is 0 Å². The molecule has 0 aliphatic rings. The van der Waals surface area contributed by atoms with Gasteiger partial charge in [0.15, 0.2) is 0 Å². The van der Waals surface area contributed by atoms with E-state index < -0.39 is 12.0 Å². The summed E-state index contributed by atoms with van der Waals surface area (Å²) in [5, 5.41) is 0. The number of para-hydroxylation sites is 1. The zero-order valence-corrected chi connectivity index (χ0v) is 14.6. The summed E-state index contributed by atoms with van der Waals surface area (Å²) >= 11 is 0. The van der Waals surface area contributed by atoms with E-state index in [4.69, 9.17) is 9.47 Å². The van der Waals surface area contributed by atoms with E-state index in [-0.39, 0.29) is 12.5 Å². The first-order valence-electron chi connectivity index (χ1n) is 7.73. The summed E-state index contributed by atoms with van der Waals surface area (Å²) in [6.07, 6.45) is 4.67. The molecular weight excluding hydrogens is 306 g/mol. The molecular formula is C19H25NO4. The first-order valence-corrected chi connectivity index (χ1v) is 7.73. The fraction of sp³-hybridized carbons (Fsp3) is 0.368. The average molecular weight is 331 g/mol. The van der Waals surface area contributed by atoms with Gasteiger partial charge >= 0.3 is 5.97 Å². The van der Waals surface area contributed by atoms with Crippen molar-refractivity contribution >= 4 is 17.6 Å². The molecule has 0 bridgehead atoms. The highest BCUT2D eigenvalue weighted by Crippen LogP contribution is 2.29. The lowest BCUT2D eigenvalue weighted by molar-refractivity contribution is -0.143. The van der Waals surface area contributed by atoms with Gasteiger partial charge in [-0.25, -0.2) is 4.79 Å². The van der Waals surface area contributed by atoms with Gasteiger partial charge in [-0.2, -0.15) is 0 Å². The van der Waals surface area contributed by atoms with Gasteiger partial charge in [0.25, 0.3) is 5.91 Å². The molecule has 1 unspecified atom stereocenters. The Labute approximate surface area is 143 Å². The Morgan fingerprint density at radius 2 is 1.71 bits per heavy atom. The van der Waals surface area contributed by atoms with Gasteiger partial charge in [-0.1, -0.05) is 30.4 Å². The largest absolute Gasteiger partial charge is 0.467 e. The number of benzene rings is 1. The summed E-state index contributed by atoms with van der Waals surface area (Å²) in [7, 11) is 2.75. The summed E-state index contributed by atoms with van der Waals surface area (Å²) in [5.41, 5.74) is 2.51. The number of anilines is 1. The molecule has 5 heteroatoms. The number of nitrogens with zero attached hydrogens (tertiary/aromatic N) is 1. The smallest absolute Gasteiger partial charge is 0.328 e. The Hall–Kier alpha value is -2.40. The summed E-state index contributed by atoms with van der Waals surface area (Å²) in [5.74, 6) is -0.797. The number of ether oxygens (including phenoxy) is 2. The molecule has 5 nitrogen and oxygen atoms in total. The molecule has 130 valence electrons. The lowest BCUT2D eigenvalue weighted by atomic mass is 9.99. The third-order valence-electron chi connectivity index (χ3n) is 3.64. The SMILES string of the molecule is C=CCc1cccc(CC=C)c1N(C(=O)COC)C(C)C(=O)OC. The first kappa shape index (κ1) is 19.6. The Bertz CT molecular complexity index is 581. The minimum absolute atomic E-state index is 0.128. The van der Waals surface area contributed by atoms with Gasteiger partial charge in [-0.05, 0) is 30.9 Å². The van der Waals surface area contributed by atoms with Gasteiger partial charge in [0.2, 0.25) is 0 Å². The molecule has 1 aromatic carbocycles. The van der Waals surface area contributed by atoms with Crippen molar-refractivity contribution in [1.82, 2.24) is 0 Å². The van der Waals surface area contributed by atoms with Crippen LogP contribution < -0.4 is 4.90 Å². The van der Waals surface area contributed by atoms with Crippen LogP contribution >= 0.6 is 0 Å². The molecule has 0 saturated heterocycles. The number of amides is 1. The van der Waals surface area contributed by atoms with Crippen molar-refractivity contribution in [3.8, 4) is 0 Å². The van der Waals surface area contributed by atoms with Crippen molar-refractivity contribution in [2.75, 3.05) is 25.7 Å². The maximum Gasteiger partial charge on any atom is 0.328 e. The predicted molar refractivity (Wildman–Crippen MR) is 95.1 cm³/mol. The first-order chi connectivity index (χ1) is 11.5. The minimum atomic E-state index is -0.771. The lowest BCUT2D eigenvalue weighted by Crippen LogP contribution is -2.46. The second-order valence-corrected chi connectivity index (χ2v) is 5.31. The van der Waals surface area contributed by atoms with Gasteiger partial charge in [-0.3, -0.25) is 9.69 Å². The van der Waals surface area contributed by atoms with Gasteiger partial charge in [0, 0.05) is 7.11 Å². The Balaban J connectivity index is 3.54. The molecule has 1 amide bonds.